The van der Waals surface area contributed by atoms with E-state index in [1.54, 1.807) is 23.9 Å². The average molecular weight is 430 g/mol. The van der Waals surface area contributed by atoms with Crippen LogP contribution in [0.2, 0.25) is 5.02 Å². The summed E-state index contributed by atoms with van der Waals surface area (Å²) in [5.74, 6) is -4.92. The summed E-state index contributed by atoms with van der Waals surface area (Å²) in [6.07, 6.45) is 3.98. The third kappa shape index (κ3) is 5.21. The average Bonchev–Trinajstić information content (AvgIpc) is 2.85. The maximum Gasteiger partial charge on any atom is 0.255 e. The summed E-state index contributed by atoms with van der Waals surface area (Å²) < 4.78 is 39.7. The van der Waals surface area contributed by atoms with E-state index in [1.165, 1.54) is 6.07 Å². The molecule has 0 radical (unpaired) electrons. The van der Waals surface area contributed by atoms with Crippen LogP contribution in [0, 0.1) is 17.5 Å². The van der Waals surface area contributed by atoms with Gasteiger partial charge in [-0.1, -0.05) is 11.6 Å². The summed E-state index contributed by atoms with van der Waals surface area (Å²) in [6.45, 7) is 0. The van der Waals surface area contributed by atoms with Crippen molar-refractivity contribution in [3.05, 3.63) is 58.4 Å². The highest BCUT2D eigenvalue weighted by atomic mass is 35.5. The van der Waals surface area contributed by atoms with Gasteiger partial charge in [-0.25, -0.2) is 13.2 Å². The van der Waals surface area contributed by atoms with E-state index in [-0.39, 0.29) is 22.6 Å². The first-order chi connectivity index (χ1) is 13.3. The van der Waals surface area contributed by atoms with Crippen LogP contribution in [0.25, 0.3) is 0 Å². The summed E-state index contributed by atoms with van der Waals surface area (Å²) in [7, 11) is 0. The van der Waals surface area contributed by atoms with E-state index in [1.807, 2.05) is 0 Å². The summed E-state index contributed by atoms with van der Waals surface area (Å²) in [5, 5.41) is 12.9. The maximum absolute atomic E-state index is 13.3. The van der Waals surface area contributed by atoms with Gasteiger partial charge in [-0.3, -0.25) is 4.79 Å². The van der Waals surface area contributed by atoms with Gasteiger partial charge in [0.15, 0.2) is 17.5 Å². The summed E-state index contributed by atoms with van der Waals surface area (Å²) in [6, 6.07) is 6.17. The van der Waals surface area contributed by atoms with Gasteiger partial charge in [0.25, 0.3) is 5.91 Å². The molecule has 1 saturated carbocycles. The number of thioether (sulfide) groups is 1. The van der Waals surface area contributed by atoms with Crippen LogP contribution in [0.15, 0.2) is 35.2 Å². The fourth-order valence-electron chi connectivity index (χ4n) is 3.11. The molecule has 2 aromatic carbocycles. The second-order valence-electron chi connectivity index (χ2n) is 6.76. The van der Waals surface area contributed by atoms with Crippen LogP contribution in [0.4, 0.5) is 18.9 Å². The minimum atomic E-state index is -1.59. The SMILES string of the molecule is O=C(Nc1cc(F)c(F)c(F)c1)c1ccc(Cl)c(SC2CCCC(O)CC2)c1. The molecule has 2 aromatic rings. The zero-order valence-corrected chi connectivity index (χ0v) is 16.4. The van der Waals surface area contributed by atoms with Crippen LogP contribution < -0.4 is 5.32 Å². The van der Waals surface area contributed by atoms with Gasteiger partial charge in [0.1, 0.15) is 0 Å². The minimum Gasteiger partial charge on any atom is -0.393 e. The predicted octanol–water partition coefficient (Wildman–Crippen LogP) is 5.80. The molecule has 1 aliphatic rings. The fourth-order valence-corrected chi connectivity index (χ4v) is 4.64. The van der Waals surface area contributed by atoms with E-state index in [0.29, 0.717) is 5.02 Å². The number of aliphatic hydroxyl groups excluding tert-OH is 1. The molecule has 0 aliphatic heterocycles. The maximum atomic E-state index is 13.3. The van der Waals surface area contributed by atoms with Crippen molar-refractivity contribution < 1.29 is 23.1 Å². The molecule has 2 unspecified atom stereocenters. The van der Waals surface area contributed by atoms with Crippen LogP contribution in [0.5, 0.6) is 0 Å². The van der Waals surface area contributed by atoms with Gasteiger partial charge in [-0.15, -0.1) is 11.8 Å². The van der Waals surface area contributed by atoms with Crippen molar-refractivity contribution in [3.63, 3.8) is 0 Å². The van der Waals surface area contributed by atoms with E-state index in [2.05, 4.69) is 5.32 Å². The monoisotopic (exact) mass is 429 g/mol. The standard InChI is InChI=1S/C20H19ClF3NO2S/c21-15-7-4-11(8-18(15)28-14-3-1-2-13(26)5-6-14)20(27)25-12-9-16(22)19(24)17(23)10-12/h4,7-10,13-14,26H,1-3,5-6H2,(H,25,27). The number of benzene rings is 2. The third-order valence-corrected chi connectivity index (χ3v) is 6.45. The van der Waals surface area contributed by atoms with Crippen LogP contribution >= 0.6 is 23.4 Å². The molecule has 150 valence electrons. The van der Waals surface area contributed by atoms with E-state index < -0.39 is 23.4 Å². The molecule has 3 nitrogen and oxygen atoms in total. The van der Waals surface area contributed by atoms with Crippen molar-refractivity contribution in [2.45, 2.75) is 48.4 Å². The number of rotatable bonds is 4. The molecular weight excluding hydrogens is 411 g/mol. The third-order valence-electron chi connectivity index (χ3n) is 4.61. The molecule has 3 rings (SSSR count). The molecule has 1 fully saturated rings. The topological polar surface area (TPSA) is 49.3 Å². The smallest absolute Gasteiger partial charge is 0.255 e. The number of carbonyl (C=O) groups is 1. The van der Waals surface area contributed by atoms with Crippen molar-refractivity contribution in [2.24, 2.45) is 0 Å². The molecule has 2 atom stereocenters. The Morgan fingerprint density at radius 2 is 1.79 bits per heavy atom. The predicted molar refractivity (Wildman–Crippen MR) is 104 cm³/mol. The van der Waals surface area contributed by atoms with Crippen molar-refractivity contribution in [2.75, 3.05) is 5.32 Å². The van der Waals surface area contributed by atoms with E-state index in [0.717, 1.165) is 49.1 Å². The molecule has 0 aromatic heterocycles. The fraction of sp³-hybridized carbons (Fsp3) is 0.350. The second-order valence-corrected chi connectivity index (χ2v) is 8.50. The summed E-state index contributed by atoms with van der Waals surface area (Å²) in [4.78, 5) is 13.2. The molecule has 0 heterocycles. The highest BCUT2D eigenvalue weighted by Crippen LogP contribution is 2.37. The molecule has 1 aliphatic carbocycles. The normalized spacial score (nSPS) is 19.9. The second kappa shape index (κ2) is 9.20. The Bertz CT molecular complexity index is 858. The Balaban J connectivity index is 1.74. The van der Waals surface area contributed by atoms with Crippen molar-refractivity contribution >= 4 is 35.0 Å². The van der Waals surface area contributed by atoms with Crippen LogP contribution in [0.3, 0.4) is 0 Å². The summed E-state index contributed by atoms with van der Waals surface area (Å²) >= 11 is 7.82. The van der Waals surface area contributed by atoms with Crippen molar-refractivity contribution in [1.82, 2.24) is 0 Å². The van der Waals surface area contributed by atoms with E-state index in [4.69, 9.17) is 11.6 Å². The highest BCUT2D eigenvalue weighted by Gasteiger charge is 2.20. The van der Waals surface area contributed by atoms with Crippen molar-refractivity contribution in [3.8, 4) is 0 Å². The Labute approximate surface area is 170 Å². The molecule has 1 amide bonds. The lowest BCUT2D eigenvalue weighted by Crippen LogP contribution is -2.13. The van der Waals surface area contributed by atoms with Gasteiger partial charge < -0.3 is 10.4 Å². The lowest BCUT2D eigenvalue weighted by atomic mass is 10.2. The molecule has 28 heavy (non-hydrogen) atoms. The largest absolute Gasteiger partial charge is 0.393 e. The quantitative estimate of drug-likeness (QED) is 0.477. The lowest BCUT2D eigenvalue weighted by Gasteiger charge is -2.15. The number of hydrogen-bond acceptors (Lipinski definition) is 3. The molecule has 2 N–H and O–H groups in total. The van der Waals surface area contributed by atoms with Crippen LogP contribution in [-0.4, -0.2) is 22.4 Å². The Morgan fingerprint density at radius 1 is 1.07 bits per heavy atom. The van der Waals surface area contributed by atoms with Gasteiger partial charge in [-0.2, -0.15) is 0 Å². The molecule has 8 heteroatoms. The Hall–Kier alpha value is -1.70. The lowest BCUT2D eigenvalue weighted by molar-refractivity contribution is 0.102. The van der Waals surface area contributed by atoms with E-state index in [9.17, 15) is 23.1 Å². The van der Waals surface area contributed by atoms with Crippen molar-refractivity contribution in [1.29, 1.82) is 0 Å². The first-order valence-electron chi connectivity index (χ1n) is 8.93. The molecule has 0 saturated heterocycles. The highest BCUT2D eigenvalue weighted by molar-refractivity contribution is 8.00. The van der Waals surface area contributed by atoms with E-state index >= 15 is 0 Å². The number of nitrogens with one attached hydrogen (secondary N) is 1. The first-order valence-corrected chi connectivity index (χ1v) is 10.2. The number of hydrogen-bond donors (Lipinski definition) is 2. The van der Waals surface area contributed by atoms with Gasteiger partial charge in [0, 0.05) is 33.5 Å². The number of aliphatic hydroxyl groups is 1. The van der Waals surface area contributed by atoms with Crippen LogP contribution in [-0.2, 0) is 0 Å². The van der Waals surface area contributed by atoms with Gasteiger partial charge in [0.05, 0.1) is 11.1 Å². The Kier molecular flexibility index (Phi) is 6.91. The van der Waals surface area contributed by atoms with Crippen LogP contribution in [0.1, 0.15) is 42.5 Å². The first kappa shape index (κ1) is 21.0. The van der Waals surface area contributed by atoms with Gasteiger partial charge in [-0.05, 0) is 50.3 Å². The zero-order valence-electron chi connectivity index (χ0n) is 14.9. The molecule has 0 spiro atoms. The summed E-state index contributed by atoms with van der Waals surface area (Å²) in [5.41, 5.74) is 0.0917. The van der Waals surface area contributed by atoms with Gasteiger partial charge >= 0.3 is 0 Å². The molecule has 0 bridgehead atoms. The minimum absolute atomic E-state index is 0.177. The number of anilines is 1. The Morgan fingerprint density at radius 3 is 2.50 bits per heavy atom. The zero-order chi connectivity index (χ0) is 20.3. The number of amides is 1. The molecular formula is C20H19ClF3NO2S. The van der Waals surface area contributed by atoms with Gasteiger partial charge in [0.2, 0.25) is 0 Å². The number of carbonyl (C=O) groups excluding carboxylic acids is 1. The number of halogens is 4.